The van der Waals surface area contributed by atoms with Crippen LogP contribution < -0.4 is 0 Å². The molecular weight excluding hydrogens is 488 g/mol. The number of phenolic OH excluding ortho intramolecular Hbond substituents is 1. The lowest BCUT2D eigenvalue weighted by Gasteiger charge is -2.17. The van der Waals surface area contributed by atoms with Crippen molar-refractivity contribution in [1.29, 1.82) is 0 Å². The molecule has 1 N–H and O–H groups in total. The lowest BCUT2D eigenvalue weighted by atomic mass is 9.90. The van der Waals surface area contributed by atoms with Gasteiger partial charge in [-0.15, -0.1) is 0 Å². The van der Waals surface area contributed by atoms with Gasteiger partial charge in [-0.25, -0.2) is 0 Å². The van der Waals surface area contributed by atoms with Gasteiger partial charge in [0.25, 0.3) is 0 Å². The van der Waals surface area contributed by atoms with Gasteiger partial charge in [0.1, 0.15) is 5.75 Å². The highest BCUT2D eigenvalue weighted by Gasteiger charge is 2.13. The van der Waals surface area contributed by atoms with Gasteiger partial charge >= 0.3 is 0 Å². The number of hydrogen-bond donors (Lipinski definition) is 1. The third-order valence-corrected chi connectivity index (χ3v) is 8.72. The van der Waals surface area contributed by atoms with Crippen LogP contribution in [0.3, 0.4) is 0 Å². The van der Waals surface area contributed by atoms with Gasteiger partial charge in [0.15, 0.2) is 0 Å². The maximum absolute atomic E-state index is 10.8. The molecule has 0 amide bonds. The van der Waals surface area contributed by atoms with Crippen molar-refractivity contribution in [3.8, 4) is 5.75 Å². The van der Waals surface area contributed by atoms with Gasteiger partial charge in [0.2, 0.25) is 0 Å². The second kappa shape index (κ2) is 28.1. The van der Waals surface area contributed by atoms with Crippen LogP contribution in [0.5, 0.6) is 5.75 Å². The van der Waals surface area contributed by atoms with E-state index in [2.05, 4.69) is 26.8 Å². The van der Waals surface area contributed by atoms with Gasteiger partial charge in [-0.05, 0) is 61.3 Å². The van der Waals surface area contributed by atoms with Crippen molar-refractivity contribution in [2.24, 2.45) is 0 Å². The van der Waals surface area contributed by atoms with Crippen LogP contribution in [-0.4, -0.2) is 18.3 Å². The highest BCUT2D eigenvalue weighted by atomic mass is 16.5. The second-order valence-electron chi connectivity index (χ2n) is 12.5. The van der Waals surface area contributed by atoms with Crippen molar-refractivity contribution in [2.75, 3.05) is 13.2 Å². The highest BCUT2D eigenvalue weighted by molar-refractivity contribution is 5.45. The molecule has 40 heavy (non-hydrogen) atoms. The zero-order valence-corrected chi connectivity index (χ0v) is 27.5. The smallest absolute Gasteiger partial charge is 0.119 e. The predicted molar refractivity (Wildman–Crippen MR) is 178 cm³/mol. The summed E-state index contributed by atoms with van der Waals surface area (Å²) in [4.78, 5) is 0. The quantitative estimate of drug-likeness (QED) is 0.0951. The average Bonchev–Trinajstić information content (AvgIpc) is 2.96. The summed E-state index contributed by atoms with van der Waals surface area (Å²) in [6.45, 7) is 8.57. The molecule has 0 aliphatic heterocycles. The third kappa shape index (κ3) is 20.0. The summed E-state index contributed by atoms with van der Waals surface area (Å²) in [6, 6.07) is 4.15. The van der Waals surface area contributed by atoms with Crippen LogP contribution in [0.1, 0.15) is 192 Å². The Morgan fingerprint density at radius 3 is 1.30 bits per heavy atom. The average molecular weight is 559 g/mol. The Kier molecular flexibility index (Phi) is 26.0. The number of hydrogen-bond acceptors (Lipinski definition) is 2. The van der Waals surface area contributed by atoms with E-state index in [0.717, 1.165) is 32.5 Å². The Balaban J connectivity index is 2.45. The van der Waals surface area contributed by atoms with Crippen molar-refractivity contribution in [1.82, 2.24) is 0 Å². The van der Waals surface area contributed by atoms with Crippen molar-refractivity contribution in [3.05, 3.63) is 28.8 Å². The topological polar surface area (TPSA) is 29.5 Å². The van der Waals surface area contributed by atoms with Crippen LogP contribution >= 0.6 is 0 Å². The first kappa shape index (κ1) is 37.0. The molecule has 1 rings (SSSR count). The van der Waals surface area contributed by atoms with Crippen LogP contribution in [0.2, 0.25) is 0 Å². The summed E-state index contributed by atoms with van der Waals surface area (Å²) in [7, 11) is 0. The third-order valence-electron chi connectivity index (χ3n) is 8.72. The van der Waals surface area contributed by atoms with Gasteiger partial charge in [0.05, 0.1) is 6.61 Å². The first-order chi connectivity index (χ1) is 19.7. The first-order valence-electron chi connectivity index (χ1n) is 18.1. The molecule has 0 radical (unpaired) electrons. The monoisotopic (exact) mass is 559 g/mol. The maximum atomic E-state index is 10.8. The largest absolute Gasteiger partial charge is 0.508 e. The molecule has 0 saturated heterocycles. The molecule has 0 heterocycles. The highest BCUT2D eigenvalue weighted by Crippen LogP contribution is 2.29. The van der Waals surface area contributed by atoms with Crippen molar-refractivity contribution in [2.45, 2.75) is 194 Å². The fourth-order valence-corrected chi connectivity index (χ4v) is 6.05. The number of aromatic hydroxyl groups is 1. The fraction of sp³-hybridized carbons (Fsp3) is 0.842. The van der Waals surface area contributed by atoms with E-state index in [9.17, 15) is 5.11 Å². The lowest BCUT2D eigenvalue weighted by Crippen LogP contribution is -2.06. The van der Waals surface area contributed by atoms with Crippen LogP contribution in [-0.2, 0) is 24.0 Å². The molecule has 0 aliphatic carbocycles. The fourth-order valence-electron chi connectivity index (χ4n) is 6.05. The Hall–Kier alpha value is -1.02. The van der Waals surface area contributed by atoms with E-state index in [1.807, 2.05) is 6.07 Å². The molecule has 2 nitrogen and oxygen atoms in total. The molecule has 1 aromatic carbocycles. The minimum Gasteiger partial charge on any atom is -0.508 e. The van der Waals surface area contributed by atoms with E-state index in [1.165, 1.54) is 171 Å². The Bertz CT molecular complexity index is 668. The Labute approximate surface area is 251 Å². The van der Waals surface area contributed by atoms with E-state index >= 15 is 0 Å². The van der Waals surface area contributed by atoms with E-state index in [1.54, 1.807) is 0 Å². The minimum atomic E-state index is 0.527. The molecule has 0 unspecified atom stereocenters. The lowest BCUT2D eigenvalue weighted by molar-refractivity contribution is 0.132. The van der Waals surface area contributed by atoms with Crippen LogP contribution in [0.15, 0.2) is 12.1 Å². The molecule has 0 aromatic heterocycles. The maximum Gasteiger partial charge on any atom is 0.119 e. The Morgan fingerprint density at radius 1 is 0.425 bits per heavy atom. The summed E-state index contributed by atoms with van der Waals surface area (Å²) in [6.07, 6.45) is 35.4. The van der Waals surface area contributed by atoms with Gasteiger partial charge in [-0.3, -0.25) is 0 Å². The normalized spacial score (nSPS) is 11.5. The van der Waals surface area contributed by atoms with Crippen LogP contribution in [0.4, 0.5) is 0 Å². The van der Waals surface area contributed by atoms with Gasteiger partial charge in [-0.1, -0.05) is 162 Å². The Morgan fingerprint density at radius 2 is 0.825 bits per heavy atom. The molecule has 0 saturated carbocycles. The molecule has 0 aliphatic rings. The molecule has 0 bridgehead atoms. The predicted octanol–water partition coefficient (Wildman–Crippen LogP) is 12.5. The SMILES string of the molecule is CCCCCCCCCCCCOCCc1ccc(O)c(CCCCCCCCC)c1CCCCCCCCC. The van der Waals surface area contributed by atoms with Crippen molar-refractivity contribution in [3.63, 3.8) is 0 Å². The summed E-state index contributed by atoms with van der Waals surface area (Å²) >= 11 is 0. The van der Waals surface area contributed by atoms with E-state index in [4.69, 9.17) is 4.74 Å². The number of ether oxygens (including phenoxy) is 1. The van der Waals surface area contributed by atoms with Crippen molar-refractivity contribution >= 4 is 0 Å². The number of unbranched alkanes of at least 4 members (excludes halogenated alkanes) is 21. The molecule has 234 valence electrons. The summed E-state index contributed by atoms with van der Waals surface area (Å²) in [5, 5.41) is 10.8. The summed E-state index contributed by atoms with van der Waals surface area (Å²) in [5.41, 5.74) is 4.11. The van der Waals surface area contributed by atoms with Crippen molar-refractivity contribution < 1.29 is 9.84 Å². The minimum absolute atomic E-state index is 0.527. The number of phenols is 1. The number of rotatable bonds is 30. The zero-order valence-electron chi connectivity index (χ0n) is 27.5. The van der Waals surface area contributed by atoms with E-state index < -0.39 is 0 Å². The first-order valence-corrected chi connectivity index (χ1v) is 18.1. The van der Waals surface area contributed by atoms with Gasteiger partial charge in [-0.2, -0.15) is 0 Å². The molecule has 0 atom stereocenters. The summed E-state index contributed by atoms with van der Waals surface area (Å²) < 4.78 is 6.10. The molecular formula is C38H70O2. The molecule has 2 heteroatoms. The van der Waals surface area contributed by atoms with E-state index in [-0.39, 0.29) is 0 Å². The van der Waals surface area contributed by atoms with Crippen LogP contribution in [0.25, 0.3) is 0 Å². The molecule has 0 spiro atoms. The zero-order chi connectivity index (χ0) is 28.9. The second-order valence-corrected chi connectivity index (χ2v) is 12.5. The van der Waals surface area contributed by atoms with Crippen LogP contribution in [0, 0.1) is 0 Å². The van der Waals surface area contributed by atoms with Gasteiger partial charge in [0, 0.05) is 6.61 Å². The standard InChI is InChI=1S/C38H70O2/c1-4-7-10-13-16-17-18-21-24-27-33-40-34-32-35-30-31-38(39)37(29-26-23-20-15-12-9-6-3)36(35)28-25-22-19-14-11-8-5-2/h30-31,39H,4-29,32-34H2,1-3H3. The van der Waals surface area contributed by atoms with Gasteiger partial charge < -0.3 is 9.84 Å². The van der Waals surface area contributed by atoms with E-state index in [0.29, 0.717) is 5.75 Å². The summed E-state index contributed by atoms with van der Waals surface area (Å²) in [5.74, 6) is 0.527. The molecule has 1 aromatic rings. The number of benzene rings is 1. The molecule has 0 fully saturated rings.